The van der Waals surface area contributed by atoms with Crippen molar-refractivity contribution < 1.29 is 0 Å². The number of aromatic nitrogens is 2. The molecule has 6 heteroatoms. The number of para-hydroxylation sites is 1. The SMILES string of the molecule is Clc1csc(Nc2cccc3cc(Br)cnc23)n1. The zero-order valence-corrected chi connectivity index (χ0v) is 12.2. The summed E-state index contributed by atoms with van der Waals surface area (Å²) in [5.41, 5.74) is 1.83. The van der Waals surface area contributed by atoms with Crippen molar-refractivity contribution in [3.63, 3.8) is 0 Å². The molecule has 2 aromatic heterocycles. The second-order valence-corrected chi connectivity index (χ2v) is 5.79. The van der Waals surface area contributed by atoms with Crippen molar-refractivity contribution in [3.8, 4) is 0 Å². The number of hydrogen-bond donors (Lipinski definition) is 1. The van der Waals surface area contributed by atoms with Gasteiger partial charge in [-0.1, -0.05) is 23.7 Å². The summed E-state index contributed by atoms with van der Waals surface area (Å²) in [6.45, 7) is 0. The first kappa shape index (κ1) is 11.9. The molecule has 0 radical (unpaired) electrons. The molecule has 0 saturated heterocycles. The van der Waals surface area contributed by atoms with Crippen molar-refractivity contribution in [2.75, 3.05) is 5.32 Å². The Morgan fingerprint density at radius 3 is 3.00 bits per heavy atom. The van der Waals surface area contributed by atoms with E-state index in [2.05, 4.69) is 31.2 Å². The molecule has 0 saturated carbocycles. The second-order valence-electron chi connectivity index (χ2n) is 3.63. The molecule has 3 nitrogen and oxygen atoms in total. The predicted molar refractivity (Wildman–Crippen MR) is 79.8 cm³/mol. The van der Waals surface area contributed by atoms with E-state index in [4.69, 9.17) is 11.6 Å². The molecule has 0 aliphatic heterocycles. The number of pyridine rings is 1. The Hall–Kier alpha value is -1.17. The number of halogens is 2. The van der Waals surface area contributed by atoms with E-state index in [1.807, 2.05) is 24.3 Å². The highest BCUT2D eigenvalue weighted by Crippen LogP contribution is 2.28. The van der Waals surface area contributed by atoms with Crippen molar-refractivity contribution >= 4 is 60.6 Å². The summed E-state index contributed by atoms with van der Waals surface area (Å²) in [7, 11) is 0. The normalized spacial score (nSPS) is 10.8. The van der Waals surface area contributed by atoms with Crippen LogP contribution in [0.5, 0.6) is 0 Å². The maximum atomic E-state index is 5.80. The lowest BCUT2D eigenvalue weighted by atomic mass is 10.2. The highest BCUT2D eigenvalue weighted by atomic mass is 79.9. The van der Waals surface area contributed by atoms with Gasteiger partial charge < -0.3 is 5.32 Å². The van der Waals surface area contributed by atoms with Crippen LogP contribution in [0, 0.1) is 0 Å². The third kappa shape index (κ3) is 2.34. The van der Waals surface area contributed by atoms with Crippen LogP contribution >= 0.6 is 38.9 Å². The van der Waals surface area contributed by atoms with E-state index in [1.165, 1.54) is 11.3 Å². The van der Waals surface area contributed by atoms with E-state index in [0.29, 0.717) is 5.15 Å². The maximum absolute atomic E-state index is 5.80. The molecule has 0 aliphatic carbocycles. The topological polar surface area (TPSA) is 37.8 Å². The van der Waals surface area contributed by atoms with Gasteiger partial charge in [0.1, 0.15) is 5.15 Å². The highest BCUT2D eigenvalue weighted by molar-refractivity contribution is 9.10. The lowest BCUT2D eigenvalue weighted by molar-refractivity contribution is 1.36. The fourth-order valence-corrected chi connectivity index (χ4v) is 2.86. The molecule has 0 fully saturated rings. The molecule has 0 spiro atoms. The number of fused-ring (bicyclic) bond motifs is 1. The van der Waals surface area contributed by atoms with E-state index in [-0.39, 0.29) is 0 Å². The fourth-order valence-electron chi connectivity index (χ4n) is 1.66. The van der Waals surface area contributed by atoms with Crippen LogP contribution in [0.3, 0.4) is 0 Å². The van der Waals surface area contributed by atoms with E-state index < -0.39 is 0 Å². The van der Waals surface area contributed by atoms with Crippen LogP contribution in [0.2, 0.25) is 5.15 Å². The smallest absolute Gasteiger partial charge is 0.188 e. The zero-order valence-electron chi connectivity index (χ0n) is 9.02. The van der Waals surface area contributed by atoms with E-state index in [9.17, 15) is 0 Å². The molecule has 3 aromatic rings. The van der Waals surface area contributed by atoms with Gasteiger partial charge in [-0.3, -0.25) is 4.98 Å². The summed E-state index contributed by atoms with van der Waals surface area (Å²) in [5, 5.41) is 7.35. The number of anilines is 2. The lowest BCUT2D eigenvalue weighted by Crippen LogP contribution is -1.92. The highest BCUT2D eigenvalue weighted by Gasteiger charge is 2.05. The van der Waals surface area contributed by atoms with Gasteiger partial charge in [0.15, 0.2) is 5.13 Å². The minimum Gasteiger partial charge on any atom is -0.330 e. The monoisotopic (exact) mass is 339 g/mol. The van der Waals surface area contributed by atoms with Crippen LogP contribution in [0.4, 0.5) is 10.8 Å². The summed E-state index contributed by atoms with van der Waals surface area (Å²) in [6.07, 6.45) is 1.78. The molecular formula is C12H7BrClN3S. The summed E-state index contributed by atoms with van der Waals surface area (Å²) >= 11 is 10.7. The standard InChI is InChI=1S/C12H7BrClN3S/c13-8-4-7-2-1-3-9(11(7)15-5-8)16-12-17-10(14)6-18-12/h1-6H,(H,16,17). The zero-order chi connectivity index (χ0) is 12.5. The number of thiazole rings is 1. The quantitative estimate of drug-likeness (QED) is 0.724. The lowest BCUT2D eigenvalue weighted by Gasteiger charge is -2.06. The van der Waals surface area contributed by atoms with Crippen molar-refractivity contribution in [1.82, 2.24) is 9.97 Å². The molecule has 1 aromatic carbocycles. The van der Waals surface area contributed by atoms with Crippen LogP contribution in [0.25, 0.3) is 10.9 Å². The number of rotatable bonds is 2. The molecule has 1 N–H and O–H groups in total. The van der Waals surface area contributed by atoms with Crippen molar-refractivity contribution in [2.45, 2.75) is 0 Å². The maximum Gasteiger partial charge on any atom is 0.188 e. The molecule has 18 heavy (non-hydrogen) atoms. The molecule has 2 heterocycles. The van der Waals surface area contributed by atoms with Gasteiger partial charge in [0.25, 0.3) is 0 Å². The van der Waals surface area contributed by atoms with Crippen LogP contribution in [-0.4, -0.2) is 9.97 Å². The molecule has 90 valence electrons. The Morgan fingerprint density at radius 1 is 1.33 bits per heavy atom. The first-order chi connectivity index (χ1) is 8.72. The largest absolute Gasteiger partial charge is 0.330 e. The van der Waals surface area contributed by atoms with Crippen LogP contribution < -0.4 is 5.32 Å². The van der Waals surface area contributed by atoms with Crippen LogP contribution in [0.1, 0.15) is 0 Å². The third-order valence-corrected chi connectivity index (χ3v) is 3.91. The molecule has 0 unspecified atom stereocenters. The van der Waals surface area contributed by atoms with Gasteiger partial charge in [0, 0.05) is 21.4 Å². The Balaban J connectivity index is 2.06. The molecule has 0 aliphatic rings. The molecule has 0 atom stereocenters. The van der Waals surface area contributed by atoms with E-state index >= 15 is 0 Å². The van der Waals surface area contributed by atoms with E-state index in [1.54, 1.807) is 11.6 Å². The number of benzene rings is 1. The number of nitrogens with one attached hydrogen (secondary N) is 1. The van der Waals surface area contributed by atoms with Crippen LogP contribution in [-0.2, 0) is 0 Å². The van der Waals surface area contributed by atoms with Crippen molar-refractivity contribution in [3.05, 3.63) is 45.5 Å². The summed E-state index contributed by atoms with van der Waals surface area (Å²) in [4.78, 5) is 8.58. The van der Waals surface area contributed by atoms with Gasteiger partial charge in [-0.2, -0.15) is 0 Å². The summed E-state index contributed by atoms with van der Waals surface area (Å²) in [6, 6.07) is 8.00. The average molecular weight is 341 g/mol. The number of nitrogens with zero attached hydrogens (tertiary/aromatic N) is 2. The van der Waals surface area contributed by atoms with Gasteiger partial charge in [0.05, 0.1) is 11.2 Å². The van der Waals surface area contributed by atoms with Crippen LogP contribution in [0.15, 0.2) is 40.3 Å². The van der Waals surface area contributed by atoms with E-state index in [0.717, 1.165) is 26.2 Å². The first-order valence-electron chi connectivity index (χ1n) is 5.15. The second kappa shape index (κ2) is 4.84. The van der Waals surface area contributed by atoms with Gasteiger partial charge in [-0.25, -0.2) is 4.98 Å². The minimum atomic E-state index is 0.499. The molecule has 0 bridgehead atoms. The van der Waals surface area contributed by atoms with Crippen molar-refractivity contribution in [2.24, 2.45) is 0 Å². The molecule has 0 amide bonds. The Bertz CT molecular complexity index is 713. The van der Waals surface area contributed by atoms with Gasteiger partial charge in [0.2, 0.25) is 0 Å². The van der Waals surface area contributed by atoms with Gasteiger partial charge in [-0.05, 0) is 28.1 Å². The first-order valence-corrected chi connectivity index (χ1v) is 7.20. The Morgan fingerprint density at radius 2 is 2.22 bits per heavy atom. The van der Waals surface area contributed by atoms with Gasteiger partial charge in [-0.15, -0.1) is 11.3 Å². The Kier molecular flexibility index (Phi) is 3.20. The van der Waals surface area contributed by atoms with Gasteiger partial charge >= 0.3 is 0 Å². The molecular weight excluding hydrogens is 334 g/mol. The summed E-state index contributed by atoms with van der Waals surface area (Å²) in [5.74, 6) is 0. The summed E-state index contributed by atoms with van der Waals surface area (Å²) < 4.78 is 0.962. The minimum absolute atomic E-state index is 0.499. The average Bonchev–Trinajstić information content (AvgIpc) is 2.75. The molecule has 3 rings (SSSR count). The Labute approximate surface area is 121 Å². The number of hydrogen-bond acceptors (Lipinski definition) is 4. The fraction of sp³-hybridized carbons (Fsp3) is 0. The predicted octanol–water partition coefficient (Wildman–Crippen LogP) is 4.85. The third-order valence-electron chi connectivity index (χ3n) is 2.40. The van der Waals surface area contributed by atoms with Crippen molar-refractivity contribution in [1.29, 1.82) is 0 Å².